The van der Waals surface area contributed by atoms with Crippen LogP contribution in [0, 0.1) is 0 Å². The molecule has 0 aliphatic heterocycles. The van der Waals surface area contributed by atoms with Gasteiger partial charge in [0, 0.05) is 19.3 Å². The van der Waals surface area contributed by atoms with E-state index in [0.717, 1.165) is 103 Å². The van der Waals surface area contributed by atoms with E-state index < -0.39 is 12.1 Å². The molecule has 0 aromatic rings. The van der Waals surface area contributed by atoms with Gasteiger partial charge in [0.05, 0.1) is 0 Å². The summed E-state index contributed by atoms with van der Waals surface area (Å²) in [5.74, 6) is -1.08. The Morgan fingerprint density at radius 1 is 0.370 bits per heavy atom. The zero-order valence-corrected chi connectivity index (χ0v) is 34.2. The zero-order valence-electron chi connectivity index (χ0n) is 34.2. The van der Waals surface area contributed by atoms with Crippen LogP contribution in [0.1, 0.15) is 156 Å². The molecule has 6 heteroatoms. The van der Waals surface area contributed by atoms with Gasteiger partial charge in [0.1, 0.15) is 13.2 Å². The van der Waals surface area contributed by atoms with Gasteiger partial charge in [-0.25, -0.2) is 0 Å². The highest BCUT2D eigenvalue weighted by atomic mass is 16.6. The van der Waals surface area contributed by atoms with Crippen LogP contribution in [0.15, 0.2) is 109 Å². The van der Waals surface area contributed by atoms with E-state index in [1.54, 1.807) is 0 Å². The molecule has 0 aliphatic carbocycles. The van der Waals surface area contributed by atoms with Crippen molar-refractivity contribution in [2.75, 3.05) is 13.2 Å². The average Bonchev–Trinajstić information content (AvgIpc) is 3.17. The lowest BCUT2D eigenvalue weighted by atomic mass is 10.1. The Kier molecular flexibility index (Phi) is 38.8. The number of hydrogen-bond acceptors (Lipinski definition) is 6. The molecule has 0 aliphatic rings. The molecule has 6 nitrogen and oxygen atoms in total. The Hall–Kier alpha value is -3.93. The van der Waals surface area contributed by atoms with E-state index in [2.05, 4.69) is 130 Å². The highest BCUT2D eigenvalue weighted by Gasteiger charge is 2.19. The summed E-state index contributed by atoms with van der Waals surface area (Å²) in [6, 6.07) is 0. The first-order valence-corrected chi connectivity index (χ1v) is 20.9. The molecule has 1 unspecified atom stereocenters. The normalized spacial score (nSPS) is 13.2. The lowest BCUT2D eigenvalue weighted by Gasteiger charge is -2.18. The van der Waals surface area contributed by atoms with Gasteiger partial charge in [-0.1, -0.05) is 143 Å². The summed E-state index contributed by atoms with van der Waals surface area (Å²) < 4.78 is 16.5. The molecule has 0 bridgehead atoms. The maximum Gasteiger partial charge on any atom is 0.306 e. The lowest BCUT2D eigenvalue weighted by molar-refractivity contribution is -0.167. The predicted octanol–water partition coefficient (Wildman–Crippen LogP) is 13.2. The molecule has 0 N–H and O–H groups in total. The molecule has 0 heterocycles. The van der Waals surface area contributed by atoms with Gasteiger partial charge in [0.2, 0.25) is 0 Å². The molecule has 54 heavy (non-hydrogen) atoms. The number of carbonyl (C=O) groups excluding carboxylic acids is 3. The van der Waals surface area contributed by atoms with Gasteiger partial charge < -0.3 is 14.2 Å². The average molecular weight is 747 g/mol. The Labute approximate surface area is 330 Å². The number of rotatable bonds is 35. The van der Waals surface area contributed by atoms with Crippen molar-refractivity contribution >= 4 is 17.9 Å². The van der Waals surface area contributed by atoms with Crippen LogP contribution in [0.3, 0.4) is 0 Å². The molecule has 0 spiro atoms. The number of unbranched alkanes of at least 4 members (excludes halogenated alkanes) is 6. The Morgan fingerprint density at radius 2 is 0.685 bits per heavy atom. The molecular formula is C48H74O6. The monoisotopic (exact) mass is 747 g/mol. The SMILES string of the molecule is CC/C=C\C/C=C\C/C=C\CCCCCCC(=O)OCC(COC(=O)CCC/C=C\C/C=C\C/C=C\CC)OC(=O)CCC/C=C\C/C=C\C/C=C\CC. The molecule has 302 valence electrons. The Morgan fingerprint density at radius 3 is 1.09 bits per heavy atom. The molecule has 0 radical (unpaired) electrons. The maximum atomic E-state index is 12.6. The smallest absolute Gasteiger partial charge is 0.306 e. The Balaban J connectivity index is 4.57. The second kappa shape index (κ2) is 41.8. The van der Waals surface area contributed by atoms with Crippen molar-refractivity contribution in [2.45, 2.75) is 162 Å². The fourth-order valence-corrected chi connectivity index (χ4v) is 4.97. The number of carbonyl (C=O) groups is 3. The second-order valence-electron chi connectivity index (χ2n) is 13.1. The first-order valence-electron chi connectivity index (χ1n) is 20.9. The van der Waals surface area contributed by atoms with Crippen molar-refractivity contribution < 1.29 is 28.6 Å². The Bertz CT molecular complexity index is 1180. The summed E-state index contributed by atoms with van der Waals surface area (Å²) in [4.78, 5) is 37.6. The van der Waals surface area contributed by atoms with Gasteiger partial charge in [-0.2, -0.15) is 0 Å². The van der Waals surface area contributed by atoms with E-state index in [1.807, 2.05) is 0 Å². The quantitative estimate of drug-likeness (QED) is 0.0278. The minimum Gasteiger partial charge on any atom is -0.462 e. The highest BCUT2D eigenvalue weighted by Crippen LogP contribution is 2.10. The van der Waals surface area contributed by atoms with Crippen molar-refractivity contribution in [2.24, 2.45) is 0 Å². The van der Waals surface area contributed by atoms with E-state index in [1.165, 1.54) is 0 Å². The largest absolute Gasteiger partial charge is 0.462 e. The standard InChI is InChI=1S/C48H74O6/c1-4-7-10-13-16-19-22-23-24-27-29-32-35-38-41-47(50)53-44-45(54-48(51)42-39-36-33-30-26-21-18-15-12-9-6-3)43-52-46(49)40-37-34-31-28-25-20-17-14-11-8-5-2/h7-12,16-21,23-24,28,30-31,33,45H,4-6,13-15,22,25-27,29,32,34-44H2,1-3H3/b10-7-,11-8-,12-9-,19-16-,20-17-,21-18-,24-23-,31-28-,33-30-. The summed E-state index contributed by atoms with van der Waals surface area (Å²) in [6.07, 6.45) is 55.2. The zero-order chi connectivity index (χ0) is 39.4. The van der Waals surface area contributed by atoms with Crippen molar-refractivity contribution in [1.29, 1.82) is 0 Å². The summed E-state index contributed by atoms with van der Waals surface area (Å²) in [5.41, 5.74) is 0. The molecule has 1 atom stereocenters. The van der Waals surface area contributed by atoms with Gasteiger partial charge >= 0.3 is 17.9 Å². The van der Waals surface area contributed by atoms with Gasteiger partial charge in [0.25, 0.3) is 0 Å². The van der Waals surface area contributed by atoms with Crippen molar-refractivity contribution in [1.82, 2.24) is 0 Å². The third kappa shape index (κ3) is 39.3. The molecule has 0 fully saturated rings. The molecule has 0 rings (SSSR count). The van der Waals surface area contributed by atoms with E-state index >= 15 is 0 Å². The van der Waals surface area contributed by atoms with E-state index in [-0.39, 0.29) is 38.0 Å². The van der Waals surface area contributed by atoms with E-state index in [4.69, 9.17) is 14.2 Å². The van der Waals surface area contributed by atoms with Crippen LogP contribution >= 0.6 is 0 Å². The minimum atomic E-state index is -0.832. The molecule has 0 aromatic carbocycles. The van der Waals surface area contributed by atoms with Crippen LogP contribution in [-0.4, -0.2) is 37.2 Å². The van der Waals surface area contributed by atoms with Gasteiger partial charge in [-0.05, 0) is 103 Å². The third-order valence-corrected chi connectivity index (χ3v) is 8.00. The number of esters is 3. The summed E-state index contributed by atoms with van der Waals surface area (Å²) >= 11 is 0. The van der Waals surface area contributed by atoms with Gasteiger partial charge in [-0.15, -0.1) is 0 Å². The molecule has 0 saturated carbocycles. The fraction of sp³-hybridized carbons (Fsp3) is 0.562. The van der Waals surface area contributed by atoms with E-state index in [0.29, 0.717) is 19.3 Å². The summed E-state index contributed by atoms with van der Waals surface area (Å²) in [7, 11) is 0. The van der Waals surface area contributed by atoms with Crippen molar-refractivity contribution in [3.05, 3.63) is 109 Å². The van der Waals surface area contributed by atoms with Crippen LogP contribution in [0.4, 0.5) is 0 Å². The highest BCUT2D eigenvalue weighted by molar-refractivity contribution is 5.71. The summed E-state index contributed by atoms with van der Waals surface area (Å²) in [5, 5.41) is 0. The lowest BCUT2D eigenvalue weighted by Crippen LogP contribution is -2.30. The van der Waals surface area contributed by atoms with Crippen LogP contribution < -0.4 is 0 Å². The van der Waals surface area contributed by atoms with Gasteiger partial charge in [0.15, 0.2) is 6.10 Å². The molecule has 0 aromatic heterocycles. The van der Waals surface area contributed by atoms with Crippen molar-refractivity contribution in [3.63, 3.8) is 0 Å². The number of allylic oxidation sites excluding steroid dienone is 18. The van der Waals surface area contributed by atoms with Crippen LogP contribution in [0.5, 0.6) is 0 Å². The fourth-order valence-electron chi connectivity index (χ4n) is 4.97. The van der Waals surface area contributed by atoms with Crippen LogP contribution in [0.2, 0.25) is 0 Å². The van der Waals surface area contributed by atoms with Crippen molar-refractivity contribution in [3.8, 4) is 0 Å². The predicted molar refractivity (Wildman–Crippen MR) is 228 cm³/mol. The second-order valence-corrected chi connectivity index (χ2v) is 13.1. The minimum absolute atomic E-state index is 0.129. The summed E-state index contributed by atoms with van der Waals surface area (Å²) in [6.45, 7) is 6.12. The number of hydrogen-bond donors (Lipinski definition) is 0. The van der Waals surface area contributed by atoms with E-state index in [9.17, 15) is 14.4 Å². The molecule has 0 saturated heterocycles. The van der Waals surface area contributed by atoms with Crippen LogP contribution in [-0.2, 0) is 28.6 Å². The number of ether oxygens (including phenoxy) is 3. The molecular weight excluding hydrogens is 673 g/mol. The van der Waals surface area contributed by atoms with Gasteiger partial charge in [-0.3, -0.25) is 14.4 Å². The molecule has 0 amide bonds. The first-order chi connectivity index (χ1) is 26.5. The maximum absolute atomic E-state index is 12.6. The van der Waals surface area contributed by atoms with Crippen LogP contribution in [0.25, 0.3) is 0 Å². The third-order valence-electron chi connectivity index (χ3n) is 8.00. The topological polar surface area (TPSA) is 78.9 Å². The first kappa shape index (κ1) is 50.1.